The SMILES string of the molecule is COC(=O)C1(C(=O)OC)CCC2CC3CC(=O)OC3C21. The molecule has 0 N–H and O–H groups in total. The van der Waals surface area contributed by atoms with Crippen LogP contribution in [0.5, 0.6) is 0 Å². The number of carbonyl (C=O) groups excluding carboxylic acids is 3. The summed E-state index contributed by atoms with van der Waals surface area (Å²) in [4.78, 5) is 36.1. The quantitative estimate of drug-likeness (QED) is 0.421. The van der Waals surface area contributed by atoms with Gasteiger partial charge in [0.15, 0.2) is 5.41 Å². The molecule has 20 heavy (non-hydrogen) atoms. The molecule has 4 unspecified atom stereocenters. The molecular formula is C14H18O6. The normalized spacial score (nSPS) is 37.0. The molecule has 1 aliphatic heterocycles. The largest absolute Gasteiger partial charge is 0.468 e. The van der Waals surface area contributed by atoms with Crippen LogP contribution in [0, 0.1) is 23.2 Å². The van der Waals surface area contributed by atoms with E-state index in [4.69, 9.17) is 14.2 Å². The lowest BCUT2D eigenvalue weighted by molar-refractivity contribution is -0.177. The van der Waals surface area contributed by atoms with Crippen LogP contribution in [0.4, 0.5) is 0 Å². The zero-order valence-electron chi connectivity index (χ0n) is 11.6. The molecule has 0 amide bonds. The number of fused-ring (bicyclic) bond motifs is 3. The first-order valence-electron chi connectivity index (χ1n) is 6.91. The summed E-state index contributed by atoms with van der Waals surface area (Å²) in [5.74, 6) is -1.35. The molecule has 0 radical (unpaired) electrons. The third-order valence-electron chi connectivity index (χ3n) is 5.21. The molecule has 3 fully saturated rings. The number of ether oxygens (including phenoxy) is 3. The molecule has 1 saturated heterocycles. The van der Waals surface area contributed by atoms with Crippen molar-refractivity contribution in [2.75, 3.05) is 14.2 Å². The van der Waals surface area contributed by atoms with Gasteiger partial charge < -0.3 is 14.2 Å². The molecule has 4 atom stereocenters. The molecule has 0 aromatic carbocycles. The van der Waals surface area contributed by atoms with Crippen molar-refractivity contribution in [3.8, 4) is 0 Å². The maximum atomic E-state index is 12.3. The second-order valence-corrected chi connectivity index (χ2v) is 5.93. The standard InChI is InChI=1S/C14H18O6/c1-18-12(16)14(13(17)19-2)4-3-7-5-8-6-9(15)20-11(8)10(7)14/h7-8,10-11H,3-6H2,1-2H3. The molecule has 0 aromatic heterocycles. The summed E-state index contributed by atoms with van der Waals surface area (Å²) in [5.41, 5.74) is -1.31. The number of hydrogen-bond acceptors (Lipinski definition) is 6. The molecule has 3 aliphatic rings. The van der Waals surface area contributed by atoms with Gasteiger partial charge in [0.1, 0.15) is 6.10 Å². The first-order valence-corrected chi connectivity index (χ1v) is 6.91. The zero-order chi connectivity index (χ0) is 14.5. The Morgan fingerprint density at radius 3 is 2.45 bits per heavy atom. The van der Waals surface area contributed by atoms with Crippen LogP contribution in [0.25, 0.3) is 0 Å². The van der Waals surface area contributed by atoms with Crippen LogP contribution in [-0.4, -0.2) is 38.2 Å². The van der Waals surface area contributed by atoms with Gasteiger partial charge in [0.05, 0.1) is 20.6 Å². The Kier molecular flexibility index (Phi) is 2.99. The van der Waals surface area contributed by atoms with Crippen molar-refractivity contribution >= 4 is 17.9 Å². The van der Waals surface area contributed by atoms with Crippen LogP contribution in [0.1, 0.15) is 25.7 Å². The molecule has 6 nitrogen and oxygen atoms in total. The lowest BCUT2D eigenvalue weighted by atomic mass is 9.74. The lowest BCUT2D eigenvalue weighted by Crippen LogP contribution is -2.48. The van der Waals surface area contributed by atoms with E-state index in [0.29, 0.717) is 12.8 Å². The van der Waals surface area contributed by atoms with E-state index < -0.39 is 17.4 Å². The van der Waals surface area contributed by atoms with E-state index in [1.807, 2.05) is 0 Å². The fourth-order valence-electron chi connectivity index (χ4n) is 4.50. The highest BCUT2D eigenvalue weighted by atomic mass is 16.6. The minimum absolute atomic E-state index is 0.117. The minimum Gasteiger partial charge on any atom is -0.468 e. The first-order chi connectivity index (χ1) is 9.54. The highest BCUT2D eigenvalue weighted by Crippen LogP contribution is 2.60. The summed E-state index contributed by atoms with van der Waals surface area (Å²) < 4.78 is 15.1. The summed E-state index contributed by atoms with van der Waals surface area (Å²) >= 11 is 0. The maximum absolute atomic E-state index is 12.3. The van der Waals surface area contributed by atoms with Crippen LogP contribution in [0.3, 0.4) is 0 Å². The first kappa shape index (κ1) is 13.4. The van der Waals surface area contributed by atoms with Gasteiger partial charge in [0, 0.05) is 11.8 Å². The van der Waals surface area contributed by atoms with E-state index >= 15 is 0 Å². The number of methoxy groups -OCH3 is 2. The van der Waals surface area contributed by atoms with Crippen LogP contribution < -0.4 is 0 Å². The van der Waals surface area contributed by atoms with E-state index in [1.165, 1.54) is 14.2 Å². The molecule has 0 aromatic rings. The van der Waals surface area contributed by atoms with Crippen molar-refractivity contribution in [2.45, 2.75) is 31.8 Å². The van der Waals surface area contributed by atoms with Crippen molar-refractivity contribution in [1.29, 1.82) is 0 Å². The molecule has 0 bridgehead atoms. The topological polar surface area (TPSA) is 78.9 Å². The van der Waals surface area contributed by atoms with Crippen LogP contribution >= 0.6 is 0 Å². The smallest absolute Gasteiger partial charge is 0.323 e. The van der Waals surface area contributed by atoms with Gasteiger partial charge in [-0.1, -0.05) is 0 Å². The van der Waals surface area contributed by atoms with Crippen molar-refractivity contribution in [1.82, 2.24) is 0 Å². The van der Waals surface area contributed by atoms with Gasteiger partial charge in [0.2, 0.25) is 0 Å². The average Bonchev–Trinajstić information content (AvgIpc) is 3.06. The third kappa shape index (κ3) is 1.53. The molecular weight excluding hydrogens is 264 g/mol. The Bertz CT molecular complexity index is 454. The summed E-state index contributed by atoms with van der Waals surface area (Å²) in [5, 5.41) is 0. The van der Waals surface area contributed by atoms with E-state index in [0.717, 1.165) is 12.8 Å². The Balaban J connectivity index is 2.00. The summed E-state index contributed by atoms with van der Waals surface area (Å²) in [6, 6.07) is 0. The van der Waals surface area contributed by atoms with E-state index in [-0.39, 0.29) is 29.8 Å². The fourth-order valence-corrected chi connectivity index (χ4v) is 4.50. The Morgan fingerprint density at radius 2 is 1.85 bits per heavy atom. The molecule has 0 spiro atoms. The summed E-state index contributed by atoms with van der Waals surface area (Å²) in [6.07, 6.45) is 2.03. The van der Waals surface area contributed by atoms with Crippen molar-refractivity contribution in [2.24, 2.45) is 23.2 Å². The molecule has 110 valence electrons. The van der Waals surface area contributed by atoms with E-state index in [9.17, 15) is 14.4 Å². The van der Waals surface area contributed by atoms with Gasteiger partial charge in [-0.3, -0.25) is 14.4 Å². The number of hydrogen-bond donors (Lipinski definition) is 0. The predicted octanol–water partition coefficient (Wildman–Crippen LogP) is 0.680. The van der Waals surface area contributed by atoms with Crippen molar-refractivity contribution in [3.63, 3.8) is 0 Å². The molecule has 2 saturated carbocycles. The Hall–Kier alpha value is -1.59. The molecule has 6 heteroatoms. The fraction of sp³-hybridized carbons (Fsp3) is 0.786. The van der Waals surface area contributed by atoms with Crippen LogP contribution in [0.2, 0.25) is 0 Å². The van der Waals surface area contributed by atoms with E-state index in [2.05, 4.69) is 0 Å². The van der Waals surface area contributed by atoms with Gasteiger partial charge in [-0.15, -0.1) is 0 Å². The number of rotatable bonds is 2. The van der Waals surface area contributed by atoms with Gasteiger partial charge in [0.25, 0.3) is 0 Å². The summed E-state index contributed by atoms with van der Waals surface area (Å²) in [6.45, 7) is 0. The van der Waals surface area contributed by atoms with E-state index in [1.54, 1.807) is 0 Å². The van der Waals surface area contributed by atoms with Crippen molar-refractivity contribution < 1.29 is 28.6 Å². The summed E-state index contributed by atoms with van der Waals surface area (Å²) in [7, 11) is 2.54. The Labute approximate surface area is 116 Å². The maximum Gasteiger partial charge on any atom is 0.323 e. The average molecular weight is 282 g/mol. The van der Waals surface area contributed by atoms with Gasteiger partial charge in [-0.05, 0) is 25.2 Å². The second kappa shape index (κ2) is 4.46. The highest BCUT2D eigenvalue weighted by Gasteiger charge is 2.68. The van der Waals surface area contributed by atoms with Gasteiger partial charge >= 0.3 is 17.9 Å². The molecule has 1 heterocycles. The van der Waals surface area contributed by atoms with Crippen LogP contribution in [-0.2, 0) is 28.6 Å². The monoisotopic (exact) mass is 282 g/mol. The Morgan fingerprint density at radius 1 is 1.20 bits per heavy atom. The molecule has 2 aliphatic carbocycles. The lowest BCUT2D eigenvalue weighted by Gasteiger charge is -2.32. The highest BCUT2D eigenvalue weighted by molar-refractivity contribution is 6.01. The second-order valence-electron chi connectivity index (χ2n) is 5.93. The predicted molar refractivity (Wildman–Crippen MR) is 65.3 cm³/mol. The molecule has 3 rings (SSSR count). The third-order valence-corrected chi connectivity index (χ3v) is 5.21. The number of esters is 3. The van der Waals surface area contributed by atoms with Gasteiger partial charge in [-0.25, -0.2) is 0 Å². The zero-order valence-corrected chi connectivity index (χ0v) is 11.6. The number of carbonyl (C=O) groups is 3. The van der Waals surface area contributed by atoms with Gasteiger partial charge in [-0.2, -0.15) is 0 Å². The minimum atomic E-state index is -1.31. The van der Waals surface area contributed by atoms with Crippen LogP contribution in [0.15, 0.2) is 0 Å². The van der Waals surface area contributed by atoms with Crippen molar-refractivity contribution in [3.05, 3.63) is 0 Å².